The molecule has 24 heavy (non-hydrogen) atoms. The molecule has 3 heterocycles. The number of imidazole rings is 1. The molecule has 4 N–H and O–H groups in total. The Balaban J connectivity index is 1.78. The number of hydrogen-bond acceptors (Lipinski definition) is 8. The summed E-state index contributed by atoms with van der Waals surface area (Å²) in [7, 11) is -4.17. The normalized spacial score (nSPS) is 16.0. The van der Waals surface area contributed by atoms with Crippen LogP contribution < -0.4 is 10.6 Å². The van der Waals surface area contributed by atoms with Crippen molar-refractivity contribution in [3.8, 4) is 0 Å². The summed E-state index contributed by atoms with van der Waals surface area (Å²) < 4.78 is 22.8. The van der Waals surface area contributed by atoms with Gasteiger partial charge >= 0.3 is 7.60 Å². The van der Waals surface area contributed by atoms with Crippen molar-refractivity contribution in [2.75, 3.05) is 49.9 Å². The molecule has 132 valence electrons. The van der Waals surface area contributed by atoms with Gasteiger partial charge in [-0.15, -0.1) is 0 Å². The van der Waals surface area contributed by atoms with Crippen LogP contribution >= 0.6 is 7.60 Å². The summed E-state index contributed by atoms with van der Waals surface area (Å²) in [6.07, 6.45) is 0.972. The van der Waals surface area contributed by atoms with Crippen LogP contribution in [-0.4, -0.2) is 68.6 Å². The van der Waals surface area contributed by atoms with Crippen molar-refractivity contribution in [3.63, 3.8) is 0 Å². The molecule has 3 rings (SSSR count). The van der Waals surface area contributed by atoms with Gasteiger partial charge in [-0.25, -0.2) is 4.98 Å². The zero-order valence-corrected chi connectivity index (χ0v) is 13.8. The van der Waals surface area contributed by atoms with E-state index < -0.39 is 13.9 Å². The number of rotatable bonds is 6. The largest absolute Gasteiger partial charge is 0.378 e. The van der Waals surface area contributed by atoms with Gasteiger partial charge in [0.25, 0.3) is 0 Å². The summed E-state index contributed by atoms with van der Waals surface area (Å²) in [6.45, 7) is 3.08. The molecular formula is C12H19N6O5P. The van der Waals surface area contributed by atoms with Crippen molar-refractivity contribution < 1.29 is 23.8 Å². The Bertz CT molecular complexity index is 756. The van der Waals surface area contributed by atoms with Crippen LogP contribution in [0.4, 0.5) is 11.8 Å². The minimum atomic E-state index is -4.17. The molecule has 11 nitrogen and oxygen atoms in total. The standard InChI is InChI=1S/C12H19N6O5P/c13-12-15-10(17-1-4-22-5-2-17)9-11(16-12)18(7-14-9)3-6-23-8-24(19,20)21/h7H,1-6,8H2,(H2,13,15,16)(H2,19,20,21). The van der Waals surface area contributed by atoms with Crippen molar-refractivity contribution in [2.45, 2.75) is 6.54 Å². The average Bonchev–Trinajstić information content (AvgIpc) is 2.93. The number of nitrogens with two attached hydrogens (primary N) is 1. The quantitative estimate of drug-likeness (QED) is 0.451. The van der Waals surface area contributed by atoms with Gasteiger partial charge in [0.2, 0.25) is 5.95 Å². The lowest BCUT2D eigenvalue weighted by molar-refractivity contribution is 0.122. The molecule has 0 aromatic carbocycles. The zero-order chi connectivity index (χ0) is 17.2. The van der Waals surface area contributed by atoms with Crippen molar-refractivity contribution in [1.29, 1.82) is 0 Å². The lowest BCUT2D eigenvalue weighted by atomic mass is 10.3. The highest BCUT2D eigenvalue weighted by Gasteiger charge is 2.20. The molecule has 0 radical (unpaired) electrons. The summed E-state index contributed by atoms with van der Waals surface area (Å²) in [4.78, 5) is 32.5. The topological polar surface area (TPSA) is 149 Å². The molecule has 2 aromatic rings. The third kappa shape index (κ3) is 4.00. The van der Waals surface area contributed by atoms with Crippen LogP contribution in [0, 0.1) is 0 Å². The van der Waals surface area contributed by atoms with Gasteiger partial charge in [-0.1, -0.05) is 0 Å². The number of fused-ring (bicyclic) bond motifs is 1. The number of aromatic nitrogens is 4. The third-order valence-electron chi connectivity index (χ3n) is 3.51. The number of hydrogen-bond donors (Lipinski definition) is 3. The van der Waals surface area contributed by atoms with Crippen LogP contribution in [0.5, 0.6) is 0 Å². The van der Waals surface area contributed by atoms with E-state index in [-0.39, 0.29) is 12.6 Å². The van der Waals surface area contributed by atoms with Gasteiger partial charge in [0, 0.05) is 19.6 Å². The van der Waals surface area contributed by atoms with E-state index in [0.29, 0.717) is 49.8 Å². The van der Waals surface area contributed by atoms with E-state index in [0.717, 1.165) is 0 Å². The van der Waals surface area contributed by atoms with E-state index in [2.05, 4.69) is 15.0 Å². The zero-order valence-electron chi connectivity index (χ0n) is 12.9. The van der Waals surface area contributed by atoms with Crippen LogP contribution in [0.15, 0.2) is 6.33 Å². The highest BCUT2D eigenvalue weighted by atomic mass is 31.2. The van der Waals surface area contributed by atoms with Crippen LogP contribution in [0.1, 0.15) is 0 Å². The summed E-state index contributed by atoms with van der Waals surface area (Å²) in [5.41, 5.74) is 7.00. The monoisotopic (exact) mass is 358 g/mol. The smallest absolute Gasteiger partial charge is 0.350 e. The first kappa shape index (κ1) is 17.1. The Kier molecular flexibility index (Phi) is 4.97. The second-order valence-electron chi connectivity index (χ2n) is 5.32. The van der Waals surface area contributed by atoms with Gasteiger partial charge in [0.05, 0.1) is 26.1 Å². The first-order valence-corrected chi connectivity index (χ1v) is 9.17. The van der Waals surface area contributed by atoms with Gasteiger partial charge in [-0.05, 0) is 0 Å². The minimum absolute atomic E-state index is 0.118. The maximum Gasteiger partial charge on any atom is 0.350 e. The lowest BCUT2D eigenvalue weighted by Gasteiger charge is -2.27. The van der Waals surface area contributed by atoms with E-state index in [1.54, 1.807) is 10.9 Å². The molecule has 0 bridgehead atoms. The summed E-state index contributed by atoms with van der Waals surface area (Å²) in [5, 5.41) is 0. The van der Waals surface area contributed by atoms with Gasteiger partial charge in [0.1, 0.15) is 6.35 Å². The van der Waals surface area contributed by atoms with Gasteiger partial charge in [0.15, 0.2) is 17.0 Å². The van der Waals surface area contributed by atoms with Gasteiger partial charge in [-0.3, -0.25) is 4.57 Å². The van der Waals surface area contributed by atoms with Crippen LogP contribution in [0.2, 0.25) is 0 Å². The fourth-order valence-corrected chi connectivity index (χ4v) is 2.82. The molecule has 2 aromatic heterocycles. The Morgan fingerprint density at radius 3 is 2.79 bits per heavy atom. The predicted molar refractivity (Wildman–Crippen MR) is 85.6 cm³/mol. The molecule has 0 unspecified atom stereocenters. The fraction of sp³-hybridized carbons (Fsp3) is 0.583. The lowest BCUT2D eigenvalue weighted by Crippen LogP contribution is -2.37. The van der Waals surface area contributed by atoms with E-state index in [9.17, 15) is 4.57 Å². The van der Waals surface area contributed by atoms with Gasteiger partial charge in [-0.2, -0.15) is 9.97 Å². The minimum Gasteiger partial charge on any atom is -0.378 e. The molecule has 0 saturated carbocycles. The molecule has 1 fully saturated rings. The average molecular weight is 358 g/mol. The maximum atomic E-state index is 10.8. The number of nitrogen functional groups attached to an aromatic ring is 1. The molecule has 0 atom stereocenters. The highest BCUT2D eigenvalue weighted by molar-refractivity contribution is 7.51. The fourth-order valence-electron chi connectivity index (χ4n) is 2.45. The molecule has 0 amide bonds. The van der Waals surface area contributed by atoms with Crippen molar-refractivity contribution in [3.05, 3.63) is 6.33 Å². The number of anilines is 2. The van der Waals surface area contributed by atoms with E-state index in [1.165, 1.54) is 0 Å². The number of morpholine rings is 1. The Morgan fingerprint density at radius 1 is 1.33 bits per heavy atom. The molecular weight excluding hydrogens is 339 g/mol. The van der Waals surface area contributed by atoms with Crippen LogP contribution in [0.3, 0.4) is 0 Å². The van der Waals surface area contributed by atoms with E-state index >= 15 is 0 Å². The number of nitrogens with zero attached hydrogens (tertiary/aromatic N) is 5. The molecule has 12 heteroatoms. The van der Waals surface area contributed by atoms with E-state index in [4.69, 9.17) is 25.0 Å². The Hall–Kier alpha value is -1.78. The van der Waals surface area contributed by atoms with Crippen molar-refractivity contribution in [1.82, 2.24) is 19.5 Å². The van der Waals surface area contributed by atoms with Crippen molar-refractivity contribution in [2.24, 2.45) is 0 Å². The van der Waals surface area contributed by atoms with Gasteiger partial charge < -0.3 is 34.5 Å². The van der Waals surface area contributed by atoms with Crippen molar-refractivity contribution >= 4 is 30.5 Å². The molecule has 0 spiro atoms. The molecule has 1 saturated heterocycles. The summed E-state index contributed by atoms with van der Waals surface area (Å²) in [6, 6.07) is 0. The summed E-state index contributed by atoms with van der Waals surface area (Å²) >= 11 is 0. The van der Waals surface area contributed by atoms with Crippen LogP contribution in [0.25, 0.3) is 11.2 Å². The predicted octanol–water partition coefficient (Wildman–Crippen LogP) is -0.603. The first-order chi connectivity index (χ1) is 11.4. The number of ether oxygens (including phenoxy) is 2. The SMILES string of the molecule is Nc1nc(N2CCOCC2)c2ncn(CCOCP(=O)(O)O)c2n1. The molecule has 0 aliphatic carbocycles. The second-order valence-corrected chi connectivity index (χ2v) is 6.90. The van der Waals surface area contributed by atoms with E-state index in [1.807, 2.05) is 4.90 Å². The first-order valence-electron chi connectivity index (χ1n) is 7.37. The molecule has 1 aliphatic heterocycles. The molecule has 1 aliphatic rings. The maximum absolute atomic E-state index is 10.8. The Morgan fingerprint density at radius 2 is 2.08 bits per heavy atom. The highest BCUT2D eigenvalue weighted by Crippen LogP contribution is 2.33. The third-order valence-corrected chi connectivity index (χ3v) is 4.03. The van der Waals surface area contributed by atoms with Crippen LogP contribution in [-0.2, 0) is 20.6 Å². The second kappa shape index (κ2) is 6.99. The Labute approximate surface area is 137 Å². The summed E-state index contributed by atoms with van der Waals surface area (Å²) in [5.74, 6) is 0.803.